The van der Waals surface area contributed by atoms with Gasteiger partial charge < -0.3 is 10.1 Å². The second kappa shape index (κ2) is 6.80. The summed E-state index contributed by atoms with van der Waals surface area (Å²) >= 11 is 0. The van der Waals surface area contributed by atoms with Crippen molar-refractivity contribution in [3.63, 3.8) is 0 Å². The van der Waals surface area contributed by atoms with Crippen LogP contribution in [0.3, 0.4) is 0 Å². The van der Waals surface area contributed by atoms with E-state index in [0.717, 1.165) is 30.4 Å². The number of nitrogens with zero attached hydrogens (tertiary/aromatic N) is 1. The third-order valence-corrected chi connectivity index (χ3v) is 5.02. The molecule has 2 heterocycles. The molecule has 0 aromatic heterocycles. The molecule has 2 atom stereocenters. The summed E-state index contributed by atoms with van der Waals surface area (Å²) in [6.07, 6.45) is 6.64. The minimum atomic E-state index is 0.755. The van der Waals surface area contributed by atoms with Gasteiger partial charge in [0.2, 0.25) is 0 Å². The molecular weight excluding hydrogens is 260 g/mol. The van der Waals surface area contributed by atoms with Crippen LogP contribution in [0.2, 0.25) is 0 Å². The second-order valence-electron chi connectivity index (χ2n) is 6.58. The molecule has 2 aliphatic heterocycles. The van der Waals surface area contributed by atoms with Crippen LogP contribution in [0.25, 0.3) is 0 Å². The Morgan fingerprint density at radius 3 is 2.38 bits per heavy atom. The van der Waals surface area contributed by atoms with Gasteiger partial charge in [-0.15, -0.1) is 0 Å². The van der Waals surface area contributed by atoms with Crippen molar-refractivity contribution in [2.24, 2.45) is 0 Å². The van der Waals surface area contributed by atoms with E-state index in [2.05, 4.69) is 41.4 Å². The van der Waals surface area contributed by atoms with Crippen LogP contribution in [0.1, 0.15) is 44.6 Å². The molecule has 0 radical (unpaired) electrons. The molecule has 3 nitrogen and oxygen atoms in total. The van der Waals surface area contributed by atoms with Crippen LogP contribution in [-0.4, -0.2) is 36.7 Å². The van der Waals surface area contributed by atoms with Crippen molar-refractivity contribution in [3.8, 4) is 5.75 Å². The van der Waals surface area contributed by atoms with Crippen LogP contribution in [-0.2, 0) is 6.54 Å². The summed E-state index contributed by atoms with van der Waals surface area (Å²) in [5.74, 6) is 0.945. The van der Waals surface area contributed by atoms with Gasteiger partial charge in [-0.05, 0) is 56.3 Å². The zero-order valence-corrected chi connectivity index (χ0v) is 13.3. The Morgan fingerprint density at radius 2 is 1.81 bits per heavy atom. The largest absolute Gasteiger partial charge is 0.497 e. The number of ether oxygens (including phenoxy) is 1. The second-order valence-corrected chi connectivity index (χ2v) is 6.58. The van der Waals surface area contributed by atoms with Gasteiger partial charge in [-0.2, -0.15) is 0 Å². The van der Waals surface area contributed by atoms with Gasteiger partial charge in [0.1, 0.15) is 5.75 Å². The van der Waals surface area contributed by atoms with Crippen LogP contribution in [0.5, 0.6) is 5.75 Å². The first-order chi connectivity index (χ1) is 10.3. The molecule has 2 bridgehead atoms. The number of nitrogens with one attached hydrogen (secondary N) is 1. The number of benzene rings is 1. The number of fused-ring (bicyclic) bond motifs is 2. The summed E-state index contributed by atoms with van der Waals surface area (Å²) < 4.78 is 5.25. The molecule has 1 aromatic rings. The van der Waals surface area contributed by atoms with E-state index in [-0.39, 0.29) is 0 Å². The smallest absolute Gasteiger partial charge is 0.118 e. The summed E-state index contributed by atoms with van der Waals surface area (Å²) in [6.45, 7) is 4.56. The van der Waals surface area contributed by atoms with Gasteiger partial charge in [0, 0.05) is 24.7 Å². The van der Waals surface area contributed by atoms with Gasteiger partial charge in [0.25, 0.3) is 0 Å². The quantitative estimate of drug-likeness (QED) is 0.870. The minimum absolute atomic E-state index is 0.755. The topological polar surface area (TPSA) is 24.5 Å². The molecule has 0 aliphatic carbocycles. The molecule has 2 aliphatic rings. The maximum absolute atomic E-state index is 5.25. The molecule has 0 amide bonds. The first-order valence-corrected chi connectivity index (χ1v) is 8.41. The van der Waals surface area contributed by atoms with Crippen molar-refractivity contribution in [2.75, 3.05) is 13.7 Å². The Morgan fingerprint density at radius 1 is 1.14 bits per heavy atom. The van der Waals surface area contributed by atoms with Gasteiger partial charge in [0.15, 0.2) is 0 Å². The number of hydrogen-bond donors (Lipinski definition) is 1. The van der Waals surface area contributed by atoms with E-state index in [1.165, 1.54) is 44.2 Å². The highest BCUT2D eigenvalue weighted by Crippen LogP contribution is 2.30. The molecule has 1 N–H and O–H groups in total. The van der Waals surface area contributed by atoms with Gasteiger partial charge in [-0.3, -0.25) is 4.90 Å². The standard InChI is InChI=1S/C18H28N2O/c1-3-10-20(13-14-4-8-18(21-2)9-5-14)17-11-15-6-7-16(12-17)19-15/h4-5,8-9,15-17,19H,3,6-7,10-13H2,1-2H3. The van der Waals surface area contributed by atoms with E-state index in [1.807, 2.05) is 0 Å². The van der Waals surface area contributed by atoms with Gasteiger partial charge in [0.05, 0.1) is 7.11 Å². The molecule has 2 unspecified atom stereocenters. The highest BCUT2D eigenvalue weighted by molar-refractivity contribution is 5.27. The maximum Gasteiger partial charge on any atom is 0.118 e. The van der Waals surface area contributed by atoms with Crippen molar-refractivity contribution >= 4 is 0 Å². The van der Waals surface area contributed by atoms with E-state index in [4.69, 9.17) is 4.74 Å². The van der Waals surface area contributed by atoms with Crippen molar-refractivity contribution in [3.05, 3.63) is 29.8 Å². The number of hydrogen-bond acceptors (Lipinski definition) is 3. The Balaban J connectivity index is 1.65. The Labute approximate surface area is 128 Å². The van der Waals surface area contributed by atoms with Crippen molar-refractivity contribution in [2.45, 2.75) is 63.7 Å². The Kier molecular flexibility index (Phi) is 4.81. The highest BCUT2D eigenvalue weighted by atomic mass is 16.5. The minimum Gasteiger partial charge on any atom is -0.497 e. The lowest BCUT2D eigenvalue weighted by Crippen LogP contribution is -2.48. The van der Waals surface area contributed by atoms with Crippen LogP contribution < -0.4 is 10.1 Å². The lowest BCUT2D eigenvalue weighted by Gasteiger charge is -2.38. The summed E-state index contributed by atoms with van der Waals surface area (Å²) in [6, 6.07) is 10.9. The summed E-state index contributed by atoms with van der Waals surface area (Å²) in [5.41, 5.74) is 1.40. The predicted octanol–water partition coefficient (Wildman–Crippen LogP) is 3.19. The van der Waals surface area contributed by atoms with Crippen LogP contribution in [0, 0.1) is 0 Å². The van der Waals surface area contributed by atoms with Crippen LogP contribution >= 0.6 is 0 Å². The zero-order valence-electron chi connectivity index (χ0n) is 13.3. The molecule has 116 valence electrons. The van der Waals surface area contributed by atoms with Crippen molar-refractivity contribution < 1.29 is 4.74 Å². The van der Waals surface area contributed by atoms with E-state index in [0.29, 0.717) is 0 Å². The van der Waals surface area contributed by atoms with E-state index in [1.54, 1.807) is 7.11 Å². The summed E-state index contributed by atoms with van der Waals surface area (Å²) in [5, 5.41) is 3.75. The normalized spacial score (nSPS) is 28.0. The third kappa shape index (κ3) is 3.58. The Hall–Kier alpha value is -1.06. The molecule has 2 fully saturated rings. The summed E-state index contributed by atoms with van der Waals surface area (Å²) in [7, 11) is 1.73. The fourth-order valence-electron chi connectivity index (χ4n) is 3.97. The third-order valence-electron chi connectivity index (χ3n) is 5.02. The molecule has 2 saturated heterocycles. The molecule has 3 heteroatoms. The molecule has 1 aromatic carbocycles. The van der Waals surface area contributed by atoms with E-state index >= 15 is 0 Å². The first kappa shape index (κ1) is 14.9. The summed E-state index contributed by atoms with van der Waals surface area (Å²) in [4.78, 5) is 2.70. The number of rotatable bonds is 6. The van der Waals surface area contributed by atoms with E-state index < -0.39 is 0 Å². The lowest BCUT2D eigenvalue weighted by atomic mass is 9.97. The van der Waals surface area contributed by atoms with Crippen molar-refractivity contribution in [1.82, 2.24) is 10.2 Å². The fraction of sp³-hybridized carbons (Fsp3) is 0.667. The predicted molar refractivity (Wildman–Crippen MR) is 86.7 cm³/mol. The number of piperidine rings is 1. The van der Waals surface area contributed by atoms with E-state index in [9.17, 15) is 0 Å². The zero-order chi connectivity index (χ0) is 14.7. The first-order valence-electron chi connectivity index (χ1n) is 8.41. The SMILES string of the molecule is CCCN(Cc1ccc(OC)cc1)C1CC2CCC(C1)N2. The van der Waals surface area contributed by atoms with Crippen LogP contribution in [0.4, 0.5) is 0 Å². The van der Waals surface area contributed by atoms with Gasteiger partial charge >= 0.3 is 0 Å². The maximum atomic E-state index is 5.25. The van der Waals surface area contributed by atoms with Gasteiger partial charge in [-0.1, -0.05) is 19.1 Å². The van der Waals surface area contributed by atoms with Crippen molar-refractivity contribution in [1.29, 1.82) is 0 Å². The lowest BCUT2D eigenvalue weighted by molar-refractivity contribution is 0.134. The monoisotopic (exact) mass is 288 g/mol. The number of methoxy groups -OCH3 is 1. The fourth-order valence-corrected chi connectivity index (χ4v) is 3.97. The molecule has 0 saturated carbocycles. The molecule has 21 heavy (non-hydrogen) atoms. The van der Waals surface area contributed by atoms with Crippen LogP contribution in [0.15, 0.2) is 24.3 Å². The highest BCUT2D eigenvalue weighted by Gasteiger charge is 2.35. The average Bonchev–Trinajstić information content (AvgIpc) is 2.86. The molecular formula is C18H28N2O. The average molecular weight is 288 g/mol. The Bertz CT molecular complexity index is 433. The molecule has 0 spiro atoms. The molecule has 3 rings (SSSR count). The van der Waals surface area contributed by atoms with Gasteiger partial charge in [-0.25, -0.2) is 0 Å².